The Kier molecular flexibility index (Phi) is 5.00. The van der Waals surface area contributed by atoms with Gasteiger partial charge in [0.05, 0.1) is 17.2 Å². The molecule has 1 spiro atoms. The first-order chi connectivity index (χ1) is 14.1. The fraction of sp³-hybridized carbons (Fsp3) is 0.636. The SMILES string of the molecule is CC1(C(=O)N2CCC3(CC2)CN(c2ccc(C#N)c(C(F)(F)F)c2)CC3CO)CC1. The van der Waals surface area contributed by atoms with Crippen molar-refractivity contribution in [2.45, 2.75) is 38.8 Å². The molecule has 1 amide bonds. The van der Waals surface area contributed by atoms with Gasteiger partial charge in [-0.1, -0.05) is 6.92 Å². The van der Waals surface area contributed by atoms with Crippen molar-refractivity contribution in [2.24, 2.45) is 16.7 Å². The van der Waals surface area contributed by atoms with Crippen molar-refractivity contribution >= 4 is 11.6 Å². The fourth-order valence-corrected chi connectivity index (χ4v) is 5.05. The molecular formula is C22H26F3N3O2. The summed E-state index contributed by atoms with van der Waals surface area (Å²) in [6.07, 6.45) is -1.26. The van der Waals surface area contributed by atoms with E-state index in [-0.39, 0.29) is 34.8 Å². The lowest BCUT2D eigenvalue weighted by Gasteiger charge is -2.43. The van der Waals surface area contributed by atoms with E-state index >= 15 is 0 Å². The van der Waals surface area contributed by atoms with Gasteiger partial charge in [-0.05, 0) is 49.3 Å². The third-order valence-corrected chi connectivity index (χ3v) is 7.39. The van der Waals surface area contributed by atoms with Gasteiger partial charge in [0.1, 0.15) is 0 Å². The van der Waals surface area contributed by atoms with E-state index in [0.29, 0.717) is 31.9 Å². The molecule has 3 fully saturated rings. The van der Waals surface area contributed by atoms with E-state index in [2.05, 4.69) is 0 Å². The summed E-state index contributed by atoms with van der Waals surface area (Å²) in [5.74, 6) is 0.144. The van der Waals surface area contributed by atoms with Crippen LogP contribution in [-0.4, -0.2) is 48.7 Å². The lowest BCUT2D eigenvalue weighted by Crippen LogP contribution is -2.48. The van der Waals surface area contributed by atoms with E-state index in [9.17, 15) is 23.1 Å². The molecular weight excluding hydrogens is 395 g/mol. The zero-order chi connectivity index (χ0) is 21.7. The number of aliphatic hydroxyl groups is 1. The van der Waals surface area contributed by atoms with Crippen molar-refractivity contribution in [2.75, 3.05) is 37.7 Å². The highest BCUT2D eigenvalue weighted by molar-refractivity contribution is 5.85. The molecule has 0 aromatic heterocycles. The van der Waals surface area contributed by atoms with Crippen LogP contribution in [0.25, 0.3) is 0 Å². The van der Waals surface area contributed by atoms with E-state index in [1.807, 2.05) is 16.7 Å². The molecule has 0 radical (unpaired) electrons. The normalized spacial score (nSPS) is 24.7. The minimum atomic E-state index is -4.60. The molecule has 0 bridgehead atoms. The van der Waals surface area contributed by atoms with Crippen LogP contribution in [0.2, 0.25) is 0 Å². The van der Waals surface area contributed by atoms with Gasteiger partial charge in [0.2, 0.25) is 5.91 Å². The minimum absolute atomic E-state index is 0.0371. The van der Waals surface area contributed by atoms with Crippen LogP contribution >= 0.6 is 0 Å². The van der Waals surface area contributed by atoms with Crippen LogP contribution < -0.4 is 4.90 Å². The van der Waals surface area contributed by atoms with E-state index in [0.717, 1.165) is 31.7 Å². The predicted molar refractivity (Wildman–Crippen MR) is 105 cm³/mol. The molecule has 2 heterocycles. The van der Waals surface area contributed by atoms with Crippen LogP contribution in [0.3, 0.4) is 0 Å². The van der Waals surface area contributed by atoms with Gasteiger partial charge in [0, 0.05) is 49.8 Å². The molecule has 1 atom stereocenters. The lowest BCUT2D eigenvalue weighted by atomic mass is 9.71. The van der Waals surface area contributed by atoms with Gasteiger partial charge >= 0.3 is 6.18 Å². The molecule has 1 aromatic carbocycles. The first-order valence-electron chi connectivity index (χ1n) is 10.4. The van der Waals surface area contributed by atoms with Gasteiger partial charge < -0.3 is 14.9 Å². The maximum atomic E-state index is 13.4. The summed E-state index contributed by atoms with van der Waals surface area (Å²) in [5, 5.41) is 19.0. The molecule has 1 N–H and O–H groups in total. The summed E-state index contributed by atoms with van der Waals surface area (Å²) >= 11 is 0. The fourth-order valence-electron chi connectivity index (χ4n) is 5.05. The lowest BCUT2D eigenvalue weighted by molar-refractivity contribution is -0.139. The van der Waals surface area contributed by atoms with Gasteiger partial charge in [-0.2, -0.15) is 18.4 Å². The molecule has 1 unspecified atom stereocenters. The number of rotatable bonds is 3. The molecule has 5 nitrogen and oxygen atoms in total. The molecule has 2 saturated heterocycles. The Morgan fingerprint density at radius 3 is 2.47 bits per heavy atom. The Hall–Kier alpha value is -2.27. The Morgan fingerprint density at radius 1 is 1.27 bits per heavy atom. The largest absolute Gasteiger partial charge is 0.417 e. The highest BCUT2D eigenvalue weighted by Crippen LogP contribution is 2.50. The Balaban J connectivity index is 1.53. The quantitative estimate of drug-likeness (QED) is 0.812. The topological polar surface area (TPSA) is 67.6 Å². The van der Waals surface area contributed by atoms with Crippen molar-refractivity contribution in [1.29, 1.82) is 5.26 Å². The number of halogens is 3. The Bertz CT molecular complexity index is 881. The summed E-state index contributed by atoms with van der Waals surface area (Å²) in [6, 6.07) is 5.42. The first-order valence-corrected chi connectivity index (χ1v) is 10.4. The number of nitrogens with zero attached hydrogens (tertiary/aromatic N) is 3. The number of alkyl halides is 3. The smallest absolute Gasteiger partial charge is 0.396 e. The molecule has 1 saturated carbocycles. The molecule has 2 aliphatic heterocycles. The average Bonchev–Trinajstić information content (AvgIpc) is 3.38. The summed E-state index contributed by atoms with van der Waals surface area (Å²) in [4.78, 5) is 16.4. The monoisotopic (exact) mass is 421 g/mol. The summed E-state index contributed by atoms with van der Waals surface area (Å²) in [6.45, 7) is 4.22. The first kappa shape index (κ1) is 21.0. The Labute approximate surface area is 174 Å². The number of likely N-dealkylation sites (tertiary alicyclic amines) is 1. The molecule has 30 heavy (non-hydrogen) atoms. The molecule has 4 rings (SSSR count). The molecule has 162 valence electrons. The summed E-state index contributed by atoms with van der Waals surface area (Å²) < 4.78 is 40.1. The number of aliphatic hydroxyl groups excluding tert-OH is 1. The number of nitriles is 1. The van der Waals surface area contributed by atoms with Gasteiger partial charge in [-0.3, -0.25) is 4.79 Å². The van der Waals surface area contributed by atoms with Gasteiger partial charge in [-0.15, -0.1) is 0 Å². The number of amides is 1. The number of carbonyl (C=O) groups is 1. The molecule has 1 aromatic rings. The second-order valence-electron chi connectivity index (χ2n) is 9.31. The zero-order valence-corrected chi connectivity index (χ0v) is 17.0. The van der Waals surface area contributed by atoms with Crippen LogP contribution in [-0.2, 0) is 11.0 Å². The summed E-state index contributed by atoms with van der Waals surface area (Å²) in [7, 11) is 0. The van der Waals surface area contributed by atoms with Gasteiger partial charge in [-0.25, -0.2) is 0 Å². The van der Waals surface area contributed by atoms with Crippen molar-refractivity contribution in [3.63, 3.8) is 0 Å². The van der Waals surface area contributed by atoms with E-state index < -0.39 is 11.7 Å². The van der Waals surface area contributed by atoms with Crippen molar-refractivity contribution < 1.29 is 23.1 Å². The van der Waals surface area contributed by atoms with Crippen LogP contribution in [0.15, 0.2) is 18.2 Å². The van der Waals surface area contributed by atoms with Crippen molar-refractivity contribution in [3.8, 4) is 6.07 Å². The van der Waals surface area contributed by atoms with Crippen LogP contribution in [0.1, 0.15) is 43.7 Å². The van der Waals surface area contributed by atoms with Crippen molar-refractivity contribution in [1.82, 2.24) is 4.90 Å². The standard InChI is InChI=1S/C22H26F3N3O2/c1-20(4-5-20)19(30)27-8-6-21(7-9-27)14-28(12-16(21)13-29)17-3-2-15(11-26)18(10-17)22(23,24)25/h2-3,10,16,29H,4-9,12-14H2,1H3. The predicted octanol–water partition coefficient (Wildman–Crippen LogP) is 3.41. The second kappa shape index (κ2) is 7.16. The van der Waals surface area contributed by atoms with E-state index in [1.165, 1.54) is 6.07 Å². The minimum Gasteiger partial charge on any atom is -0.396 e. The maximum Gasteiger partial charge on any atom is 0.417 e. The van der Waals surface area contributed by atoms with E-state index in [1.54, 1.807) is 12.1 Å². The third kappa shape index (κ3) is 3.53. The molecule has 3 aliphatic rings. The Morgan fingerprint density at radius 2 is 1.93 bits per heavy atom. The maximum absolute atomic E-state index is 13.4. The number of piperidine rings is 1. The second-order valence-corrected chi connectivity index (χ2v) is 9.31. The number of hydrogen-bond acceptors (Lipinski definition) is 4. The third-order valence-electron chi connectivity index (χ3n) is 7.39. The molecule has 1 aliphatic carbocycles. The summed E-state index contributed by atoms with van der Waals surface area (Å²) in [5.41, 5.74) is -1.33. The van der Waals surface area contributed by atoms with Gasteiger partial charge in [0.15, 0.2) is 0 Å². The average molecular weight is 421 g/mol. The van der Waals surface area contributed by atoms with Crippen LogP contribution in [0.4, 0.5) is 18.9 Å². The van der Waals surface area contributed by atoms with Crippen molar-refractivity contribution in [3.05, 3.63) is 29.3 Å². The number of carbonyl (C=O) groups excluding carboxylic acids is 1. The number of anilines is 1. The van der Waals surface area contributed by atoms with E-state index in [4.69, 9.17) is 5.26 Å². The number of hydrogen-bond donors (Lipinski definition) is 1. The zero-order valence-electron chi connectivity index (χ0n) is 17.0. The highest BCUT2D eigenvalue weighted by atomic mass is 19.4. The molecule has 8 heteroatoms. The van der Waals surface area contributed by atoms with Gasteiger partial charge in [0.25, 0.3) is 0 Å². The highest BCUT2D eigenvalue weighted by Gasteiger charge is 2.52. The van der Waals surface area contributed by atoms with Crippen LogP contribution in [0.5, 0.6) is 0 Å². The van der Waals surface area contributed by atoms with Crippen LogP contribution in [0, 0.1) is 28.1 Å². The number of benzene rings is 1.